The van der Waals surface area contributed by atoms with E-state index in [0.717, 1.165) is 11.1 Å². The number of esters is 2. The van der Waals surface area contributed by atoms with E-state index in [4.69, 9.17) is 9.47 Å². The van der Waals surface area contributed by atoms with Gasteiger partial charge in [-0.2, -0.15) is 0 Å². The van der Waals surface area contributed by atoms with Crippen LogP contribution in [0.25, 0.3) is 0 Å². The number of benzene rings is 2. The van der Waals surface area contributed by atoms with Crippen molar-refractivity contribution in [1.82, 2.24) is 4.90 Å². The summed E-state index contributed by atoms with van der Waals surface area (Å²) in [5.41, 5.74) is 2.46. The molecule has 8 heteroatoms. The molecule has 0 aliphatic carbocycles. The molecule has 1 saturated heterocycles. The molecule has 1 unspecified atom stereocenters. The maximum absolute atomic E-state index is 13.4. The average Bonchev–Trinajstić information content (AvgIpc) is 2.80. The van der Waals surface area contributed by atoms with Crippen LogP contribution in [0.3, 0.4) is 0 Å². The third kappa shape index (κ3) is 4.43. The van der Waals surface area contributed by atoms with Gasteiger partial charge in [-0.25, -0.2) is 0 Å². The number of ether oxygens (including phenoxy) is 2. The van der Waals surface area contributed by atoms with E-state index in [-0.39, 0.29) is 28.3 Å². The molecule has 4 rings (SSSR count). The number of hydrogen-bond acceptors (Lipinski definition) is 6. The second-order valence-electron chi connectivity index (χ2n) is 7.27. The number of carbonyl (C=O) groups excluding carboxylic acids is 3. The Morgan fingerprint density at radius 1 is 1.10 bits per heavy atom. The van der Waals surface area contributed by atoms with Crippen LogP contribution < -0.4 is 0 Å². The van der Waals surface area contributed by atoms with E-state index in [2.05, 4.69) is 0 Å². The number of fused-ring (bicyclic) bond motifs is 1. The molecule has 2 aromatic rings. The number of β-lactam (4-membered cyclic amide) rings is 1. The molecule has 2 aromatic carbocycles. The zero-order valence-corrected chi connectivity index (χ0v) is 20.1. The molecule has 0 spiro atoms. The van der Waals surface area contributed by atoms with Crippen molar-refractivity contribution in [2.45, 2.75) is 23.1 Å². The van der Waals surface area contributed by atoms with Crippen LogP contribution in [0.1, 0.15) is 24.2 Å². The molecule has 0 saturated carbocycles. The molecule has 0 radical (unpaired) electrons. The summed E-state index contributed by atoms with van der Waals surface area (Å²) in [5.74, 6) is -0.614. The number of carbonyl (C=O) groups is 3. The summed E-state index contributed by atoms with van der Waals surface area (Å²) < 4.78 is 11.1. The van der Waals surface area contributed by atoms with Gasteiger partial charge in [-0.15, -0.1) is 0 Å². The summed E-state index contributed by atoms with van der Waals surface area (Å²) in [6.07, 6.45) is -0.622. The van der Waals surface area contributed by atoms with Crippen molar-refractivity contribution < 1.29 is 23.9 Å². The Balaban J connectivity index is 1.68. The van der Waals surface area contributed by atoms with Crippen LogP contribution >= 0.6 is 11.8 Å². The third-order valence-electron chi connectivity index (χ3n) is 5.16. The fraction of sp³-hybridized carbons (Fsp3) is 0.261. The van der Waals surface area contributed by atoms with Gasteiger partial charge in [0.2, 0.25) is 0 Å². The van der Waals surface area contributed by atoms with E-state index in [0.29, 0.717) is 11.3 Å². The number of hydrogen-bond donors (Lipinski definition) is 0. The zero-order valence-electron chi connectivity index (χ0n) is 16.9. The third-order valence-corrected chi connectivity index (χ3v) is 8.47. The molecule has 3 atom stereocenters. The van der Waals surface area contributed by atoms with Crippen LogP contribution in [0, 0.1) is 0 Å². The molecule has 2 aliphatic heterocycles. The van der Waals surface area contributed by atoms with Crippen LogP contribution in [0.15, 0.2) is 71.9 Å². The number of thioether (sulfide) groups is 1. The van der Waals surface area contributed by atoms with E-state index in [9.17, 15) is 14.4 Å². The molecule has 160 valence electrons. The van der Waals surface area contributed by atoms with E-state index in [1.54, 1.807) is 11.8 Å². The molecular formula is C23H22AsNO5S. The average molecular weight is 499 g/mol. The predicted octanol–water partition coefficient (Wildman–Crippen LogP) is 2.47. The Morgan fingerprint density at radius 3 is 2.23 bits per heavy atom. The summed E-state index contributed by atoms with van der Waals surface area (Å²) in [7, 11) is 0. The van der Waals surface area contributed by atoms with Crippen LogP contribution in [0.5, 0.6) is 0 Å². The standard InChI is InChI=1S/C23H22AsNO5S/c1-14(26)29-12-17-13-31-22-18(24)21(27)25(22)19(17)23(28)30-20(15-8-4-2-5-9-15)16-10-6-3-7-11-16/h2-11,18,20,22H,12-13,24H2,1H3/t18-,22-/m1/s1. The van der Waals surface area contributed by atoms with Gasteiger partial charge in [-0.3, -0.25) is 0 Å². The van der Waals surface area contributed by atoms with E-state index >= 15 is 0 Å². The van der Waals surface area contributed by atoms with Gasteiger partial charge in [0, 0.05) is 0 Å². The number of amides is 1. The summed E-state index contributed by atoms with van der Waals surface area (Å²) in [5, 5.41) is -0.0805. The van der Waals surface area contributed by atoms with Gasteiger partial charge in [-0.05, 0) is 0 Å². The second kappa shape index (κ2) is 9.33. The molecule has 2 heterocycles. The van der Waals surface area contributed by atoms with Gasteiger partial charge in [-0.1, -0.05) is 0 Å². The summed E-state index contributed by atoms with van der Waals surface area (Å²) >= 11 is 2.93. The van der Waals surface area contributed by atoms with Gasteiger partial charge in [0.25, 0.3) is 0 Å². The topological polar surface area (TPSA) is 72.9 Å². The van der Waals surface area contributed by atoms with Gasteiger partial charge in [0.1, 0.15) is 0 Å². The first-order chi connectivity index (χ1) is 15.0. The number of rotatable bonds is 6. The van der Waals surface area contributed by atoms with E-state index < -0.39 is 18.0 Å². The summed E-state index contributed by atoms with van der Waals surface area (Å²) in [4.78, 5) is 38.9. The van der Waals surface area contributed by atoms with Gasteiger partial charge in [0.05, 0.1) is 0 Å². The Bertz CT molecular complexity index is 987. The van der Waals surface area contributed by atoms with Crippen molar-refractivity contribution in [2.24, 2.45) is 0 Å². The molecule has 1 amide bonds. The summed E-state index contributed by atoms with van der Waals surface area (Å²) in [6.45, 7) is 1.28. The normalized spacial score (nSPS) is 20.2. The quantitative estimate of drug-likeness (QED) is 0.346. The molecule has 31 heavy (non-hydrogen) atoms. The first-order valence-corrected chi connectivity index (χ1v) is 12.3. The number of nitrogens with zero attached hydrogens (tertiary/aromatic N) is 1. The molecule has 1 fully saturated rings. The Kier molecular flexibility index (Phi) is 6.54. The SMILES string of the molecule is CC(=O)OCC1=C(C(=O)OC(c2ccccc2)c2ccccc2)N2C(=O)[C@@H]([AsH2])[C@H]2SC1. The minimum absolute atomic E-state index is 0.0376. The van der Waals surface area contributed by atoms with Crippen molar-refractivity contribution in [1.29, 1.82) is 0 Å². The Hall–Kier alpha value is -2.50. The molecule has 0 aromatic heterocycles. The van der Waals surface area contributed by atoms with Crippen molar-refractivity contribution in [3.8, 4) is 0 Å². The van der Waals surface area contributed by atoms with Gasteiger partial charge < -0.3 is 0 Å². The van der Waals surface area contributed by atoms with Crippen LogP contribution in [0.2, 0.25) is 4.71 Å². The molecule has 0 N–H and O–H groups in total. The molecule has 6 nitrogen and oxygen atoms in total. The molecule has 2 aliphatic rings. The van der Waals surface area contributed by atoms with Crippen LogP contribution in [-0.2, 0) is 23.9 Å². The van der Waals surface area contributed by atoms with Crippen molar-refractivity contribution in [3.63, 3.8) is 0 Å². The Morgan fingerprint density at radius 2 is 1.68 bits per heavy atom. The van der Waals surface area contributed by atoms with Crippen molar-refractivity contribution in [3.05, 3.63) is 83.1 Å². The Labute approximate surface area is 193 Å². The van der Waals surface area contributed by atoms with Crippen molar-refractivity contribution >= 4 is 46.5 Å². The van der Waals surface area contributed by atoms with E-state index in [1.165, 1.54) is 28.7 Å². The van der Waals surface area contributed by atoms with Crippen LogP contribution in [-0.4, -0.2) is 57.3 Å². The van der Waals surface area contributed by atoms with Crippen molar-refractivity contribution in [2.75, 3.05) is 12.4 Å². The van der Waals surface area contributed by atoms with Crippen LogP contribution in [0.4, 0.5) is 0 Å². The van der Waals surface area contributed by atoms with Gasteiger partial charge >= 0.3 is 194 Å². The zero-order chi connectivity index (χ0) is 22.0. The fourth-order valence-electron chi connectivity index (χ4n) is 3.62. The minimum atomic E-state index is -0.622. The second-order valence-corrected chi connectivity index (χ2v) is 9.89. The fourth-order valence-corrected chi connectivity index (χ4v) is 6.29. The monoisotopic (exact) mass is 499 g/mol. The maximum atomic E-state index is 13.4. The summed E-state index contributed by atoms with van der Waals surface area (Å²) in [6, 6.07) is 19.0. The first-order valence-electron chi connectivity index (χ1n) is 9.84. The first kappa shape index (κ1) is 21.7. The molecule has 0 bridgehead atoms. The predicted molar refractivity (Wildman–Crippen MR) is 120 cm³/mol. The van der Waals surface area contributed by atoms with Gasteiger partial charge in [0.15, 0.2) is 0 Å². The molecular weight excluding hydrogens is 477 g/mol. The van der Waals surface area contributed by atoms with E-state index in [1.807, 2.05) is 60.7 Å².